The van der Waals surface area contributed by atoms with E-state index >= 15 is 0 Å². The Bertz CT molecular complexity index is 445. The lowest BCUT2D eigenvalue weighted by atomic mass is 10.2. The molecule has 0 bridgehead atoms. The molecule has 1 heterocycles. The van der Waals surface area contributed by atoms with Crippen LogP contribution in [0, 0.1) is 0 Å². The molecule has 0 saturated heterocycles. The highest BCUT2D eigenvalue weighted by atomic mass is 35.5. The van der Waals surface area contributed by atoms with Gasteiger partial charge in [0.2, 0.25) is 0 Å². The quantitative estimate of drug-likeness (QED) is 0.756. The number of halogens is 1. The van der Waals surface area contributed by atoms with E-state index in [1.807, 2.05) is 36.4 Å². The molecular weight excluding hydrogens is 222 g/mol. The first-order chi connectivity index (χ1) is 7.90. The normalized spacial score (nSPS) is 10.1. The van der Waals surface area contributed by atoms with Crippen LogP contribution in [-0.2, 0) is 12.5 Å². The number of hydrogen-bond acceptors (Lipinski definition) is 2. The maximum atomic E-state index is 5.79. The van der Waals surface area contributed by atoms with Crippen molar-refractivity contribution < 1.29 is 4.74 Å². The van der Waals surface area contributed by atoms with Gasteiger partial charge in [-0.2, -0.15) is 0 Å². The third-order valence-electron chi connectivity index (χ3n) is 2.24. The number of nitrogens with zero attached hydrogens (tertiary/aromatic N) is 1. The molecule has 0 radical (unpaired) electrons. The smallest absolute Gasteiger partial charge is 0.127 e. The monoisotopic (exact) mass is 233 g/mol. The van der Waals surface area contributed by atoms with Crippen LogP contribution in [0.5, 0.6) is 5.75 Å². The van der Waals surface area contributed by atoms with Crippen LogP contribution in [0.3, 0.4) is 0 Å². The first kappa shape index (κ1) is 11.0. The van der Waals surface area contributed by atoms with Gasteiger partial charge < -0.3 is 4.74 Å². The maximum Gasteiger partial charge on any atom is 0.127 e. The van der Waals surface area contributed by atoms with E-state index in [4.69, 9.17) is 16.3 Å². The summed E-state index contributed by atoms with van der Waals surface area (Å²) in [4.78, 5) is 4.01. The molecule has 3 heteroatoms. The second-order valence-electron chi connectivity index (χ2n) is 3.39. The van der Waals surface area contributed by atoms with E-state index in [0.717, 1.165) is 16.9 Å². The summed E-state index contributed by atoms with van der Waals surface area (Å²) >= 11 is 5.79. The van der Waals surface area contributed by atoms with Crippen LogP contribution in [0.1, 0.15) is 11.1 Å². The van der Waals surface area contributed by atoms with E-state index in [-0.39, 0.29) is 0 Å². The molecule has 0 saturated carbocycles. The first-order valence-electron chi connectivity index (χ1n) is 5.05. The fourth-order valence-electron chi connectivity index (χ4n) is 1.39. The van der Waals surface area contributed by atoms with Crippen molar-refractivity contribution in [2.24, 2.45) is 0 Å². The van der Waals surface area contributed by atoms with Crippen molar-refractivity contribution in [1.29, 1.82) is 0 Å². The van der Waals surface area contributed by atoms with Gasteiger partial charge in [-0.1, -0.05) is 30.3 Å². The summed E-state index contributed by atoms with van der Waals surface area (Å²) in [5.41, 5.74) is 2.06. The number of benzene rings is 1. The van der Waals surface area contributed by atoms with Gasteiger partial charge in [0.1, 0.15) is 12.4 Å². The van der Waals surface area contributed by atoms with Gasteiger partial charge in [0.25, 0.3) is 0 Å². The van der Waals surface area contributed by atoms with Crippen molar-refractivity contribution in [2.45, 2.75) is 12.5 Å². The summed E-state index contributed by atoms with van der Waals surface area (Å²) in [5.74, 6) is 1.21. The zero-order chi connectivity index (χ0) is 11.2. The summed E-state index contributed by atoms with van der Waals surface area (Å²) in [7, 11) is 0. The molecule has 0 aliphatic heterocycles. The molecular formula is C13H12ClNO. The predicted octanol–water partition coefficient (Wildman–Crippen LogP) is 3.40. The molecule has 0 unspecified atom stereocenters. The lowest BCUT2D eigenvalue weighted by molar-refractivity contribution is 0.303. The molecule has 2 rings (SSSR count). The van der Waals surface area contributed by atoms with Gasteiger partial charge >= 0.3 is 0 Å². The highest BCUT2D eigenvalue weighted by molar-refractivity contribution is 6.17. The minimum absolute atomic E-state index is 0.415. The Morgan fingerprint density at radius 1 is 1.12 bits per heavy atom. The fourth-order valence-corrected chi connectivity index (χ4v) is 1.59. The van der Waals surface area contributed by atoms with Crippen LogP contribution < -0.4 is 4.74 Å². The second-order valence-corrected chi connectivity index (χ2v) is 3.66. The van der Waals surface area contributed by atoms with Crippen molar-refractivity contribution in [2.75, 3.05) is 0 Å². The molecule has 0 atom stereocenters. The molecule has 0 aliphatic carbocycles. The minimum atomic E-state index is 0.415. The Labute approximate surface area is 99.9 Å². The highest BCUT2D eigenvalue weighted by Gasteiger charge is 2.02. The fraction of sp³-hybridized carbons (Fsp3) is 0.154. The lowest BCUT2D eigenvalue weighted by Gasteiger charge is -2.08. The summed E-state index contributed by atoms with van der Waals surface area (Å²) in [6.45, 7) is 0.550. The molecule has 0 N–H and O–H groups in total. The molecule has 82 valence electrons. The number of rotatable bonds is 4. The maximum absolute atomic E-state index is 5.79. The average molecular weight is 234 g/mol. The first-order valence-corrected chi connectivity index (χ1v) is 5.59. The molecule has 0 spiro atoms. The third-order valence-corrected chi connectivity index (χ3v) is 2.53. The van der Waals surface area contributed by atoms with E-state index in [9.17, 15) is 0 Å². The van der Waals surface area contributed by atoms with Crippen LogP contribution in [0.15, 0.2) is 48.8 Å². The van der Waals surface area contributed by atoms with Gasteiger partial charge in [0.05, 0.1) is 5.88 Å². The van der Waals surface area contributed by atoms with Crippen molar-refractivity contribution in [3.63, 3.8) is 0 Å². The van der Waals surface area contributed by atoms with Crippen LogP contribution >= 0.6 is 11.6 Å². The van der Waals surface area contributed by atoms with Crippen molar-refractivity contribution in [3.05, 3.63) is 59.9 Å². The van der Waals surface area contributed by atoms with Crippen LogP contribution in [0.25, 0.3) is 0 Å². The largest absolute Gasteiger partial charge is 0.488 e. The predicted molar refractivity (Wildman–Crippen MR) is 64.6 cm³/mol. The number of pyridine rings is 1. The summed E-state index contributed by atoms with van der Waals surface area (Å²) < 4.78 is 5.69. The number of hydrogen-bond donors (Lipinski definition) is 0. The zero-order valence-corrected chi connectivity index (χ0v) is 9.52. The van der Waals surface area contributed by atoms with Gasteiger partial charge in [-0.15, -0.1) is 11.6 Å². The Morgan fingerprint density at radius 3 is 2.69 bits per heavy atom. The molecule has 1 aromatic heterocycles. The van der Waals surface area contributed by atoms with Gasteiger partial charge in [-0.3, -0.25) is 4.98 Å². The van der Waals surface area contributed by atoms with E-state index < -0.39 is 0 Å². The molecule has 0 aliphatic rings. The zero-order valence-electron chi connectivity index (χ0n) is 8.77. The average Bonchev–Trinajstić information content (AvgIpc) is 2.38. The summed E-state index contributed by atoms with van der Waals surface area (Å²) in [6.07, 6.45) is 3.43. The molecule has 16 heavy (non-hydrogen) atoms. The Morgan fingerprint density at radius 2 is 1.94 bits per heavy atom. The third kappa shape index (κ3) is 2.74. The van der Waals surface area contributed by atoms with Gasteiger partial charge in [0, 0.05) is 18.0 Å². The molecule has 0 fully saturated rings. The van der Waals surface area contributed by atoms with Crippen LogP contribution in [0.4, 0.5) is 0 Å². The van der Waals surface area contributed by atoms with E-state index in [1.165, 1.54) is 0 Å². The Kier molecular flexibility index (Phi) is 3.78. The standard InChI is InChI=1S/C13H12ClNO/c14-8-12-9-15-7-6-13(12)16-10-11-4-2-1-3-5-11/h1-7,9H,8,10H2. The number of ether oxygens (including phenoxy) is 1. The van der Waals surface area contributed by atoms with E-state index in [1.54, 1.807) is 12.4 Å². The molecule has 2 aromatic rings. The molecule has 0 amide bonds. The van der Waals surface area contributed by atoms with E-state index in [2.05, 4.69) is 4.98 Å². The molecule has 1 aromatic carbocycles. The van der Waals surface area contributed by atoms with Crippen molar-refractivity contribution >= 4 is 11.6 Å². The topological polar surface area (TPSA) is 22.1 Å². The van der Waals surface area contributed by atoms with Gasteiger partial charge in [0.15, 0.2) is 0 Å². The van der Waals surface area contributed by atoms with Crippen molar-refractivity contribution in [1.82, 2.24) is 4.98 Å². The number of alkyl halides is 1. The van der Waals surface area contributed by atoms with E-state index in [0.29, 0.717) is 12.5 Å². The number of aromatic nitrogens is 1. The Hall–Kier alpha value is -1.54. The summed E-state index contributed by atoms with van der Waals surface area (Å²) in [5, 5.41) is 0. The summed E-state index contributed by atoms with van der Waals surface area (Å²) in [6, 6.07) is 11.9. The Balaban J connectivity index is 2.05. The lowest BCUT2D eigenvalue weighted by Crippen LogP contribution is -1.97. The van der Waals surface area contributed by atoms with Crippen LogP contribution in [0.2, 0.25) is 0 Å². The SMILES string of the molecule is ClCc1cnccc1OCc1ccccc1. The van der Waals surface area contributed by atoms with Gasteiger partial charge in [-0.25, -0.2) is 0 Å². The second kappa shape index (κ2) is 5.52. The van der Waals surface area contributed by atoms with Gasteiger partial charge in [-0.05, 0) is 11.6 Å². The highest BCUT2D eigenvalue weighted by Crippen LogP contribution is 2.19. The molecule has 2 nitrogen and oxygen atoms in total. The van der Waals surface area contributed by atoms with Crippen molar-refractivity contribution in [3.8, 4) is 5.75 Å². The minimum Gasteiger partial charge on any atom is -0.488 e. The van der Waals surface area contributed by atoms with Crippen LogP contribution in [-0.4, -0.2) is 4.98 Å².